The van der Waals surface area contributed by atoms with Gasteiger partial charge in [-0.15, -0.1) is 0 Å². The van der Waals surface area contributed by atoms with Crippen LogP contribution in [0.1, 0.15) is 37.7 Å². The van der Waals surface area contributed by atoms with Crippen LogP contribution in [0.15, 0.2) is 12.3 Å². The Kier molecular flexibility index (Phi) is 4.78. The van der Waals surface area contributed by atoms with E-state index in [0.717, 1.165) is 13.0 Å². The molecule has 0 saturated carbocycles. The van der Waals surface area contributed by atoms with Crippen molar-refractivity contribution in [1.82, 2.24) is 9.88 Å². The van der Waals surface area contributed by atoms with E-state index >= 15 is 0 Å². The maximum absolute atomic E-state index is 12.0. The summed E-state index contributed by atoms with van der Waals surface area (Å²) < 4.78 is 1.86. The third kappa shape index (κ3) is 3.77. The number of aliphatic hydroxyl groups excluding tert-OH is 1. The quantitative estimate of drug-likeness (QED) is 0.713. The molecular formula is C13H23N3O2. The van der Waals surface area contributed by atoms with Crippen molar-refractivity contribution in [3.05, 3.63) is 18.0 Å². The molecule has 5 nitrogen and oxygen atoms in total. The van der Waals surface area contributed by atoms with Crippen LogP contribution in [0.5, 0.6) is 0 Å². The van der Waals surface area contributed by atoms with Gasteiger partial charge in [-0.05, 0) is 12.5 Å². The van der Waals surface area contributed by atoms with Gasteiger partial charge in [-0.2, -0.15) is 0 Å². The summed E-state index contributed by atoms with van der Waals surface area (Å²) >= 11 is 0. The minimum absolute atomic E-state index is 0.0331. The van der Waals surface area contributed by atoms with Crippen LogP contribution in [0.25, 0.3) is 0 Å². The molecule has 0 fully saturated rings. The zero-order valence-corrected chi connectivity index (χ0v) is 11.4. The molecule has 4 N–H and O–H groups in total. The zero-order valence-electron chi connectivity index (χ0n) is 11.4. The number of nitrogens with two attached hydrogens (primary N) is 1. The third-order valence-electron chi connectivity index (χ3n) is 2.77. The van der Waals surface area contributed by atoms with Crippen molar-refractivity contribution in [3.63, 3.8) is 0 Å². The Morgan fingerprint density at radius 1 is 1.56 bits per heavy atom. The Morgan fingerprint density at radius 2 is 2.22 bits per heavy atom. The Morgan fingerprint density at radius 3 is 2.78 bits per heavy atom. The lowest BCUT2D eigenvalue weighted by molar-refractivity contribution is 0.0902. The van der Waals surface area contributed by atoms with Gasteiger partial charge in [0, 0.05) is 31.3 Å². The second-order valence-electron chi connectivity index (χ2n) is 5.36. The number of amides is 1. The SMILES string of the molecule is CCCn1cc(N)cc1C(=O)NCC(C)(C)CO. The summed E-state index contributed by atoms with van der Waals surface area (Å²) in [6.45, 7) is 7.07. The molecule has 5 heteroatoms. The minimum Gasteiger partial charge on any atom is -0.397 e. The van der Waals surface area contributed by atoms with Crippen LogP contribution in [0, 0.1) is 5.41 Å². The van der Waals surface area contributed by atoms with Gasteiger partial charge in [0.25, 0.3) is 5.91 Å². The molecule has 0 atom stereocenters. The van der Waals surface area contributed by atoms with E-state index in [2.05, 4.69) is 5.32 Å². The van der Waals surface area contributed by atoms with Gasteiger partial charge >= 0.3 is 0 Å². The highest BCUT2D eigenvalue weighted by molar-refractivity contribution is 5.93. The van der Waals surface area contributed by atoms with E-state index in [0.29, 0.717) is 17.9 Å². The molecule has 0 unspecified atom stereocenters. The molecule has 102 valence electrons. The smallest absolute Gasteiger partial charge is 0.268 e. The molecule has 0 spiro atoms. The summed E-state index contributed by atoms with van der Waals surface area (Å²) in [6, 6.07) is 1.68. The molecule has 0 saturated heterocycles. The topological polar surface area (TPSA) is 80.3 Å². The number of hydrogen-bond acceptors (Lipinski definition) is 3. The second-order valence-corrected chi connectivity index (χ2v) is 5.36. The minimum atomic E-state index is -0.316. The van der Waals surface area contributed by atoms with Crippen molar-refractivity contribution in [2.45, 2.75) is 33.7 Å². The summed E-state index contributed by atoms with van der Waals surface area (Å²) in [6.07, 6.45) is 2.71. The first-order valence-electron chi connectivity index (χ1n) is 6.24. The summed E-state index contributed by atoms with van der Waals surface area (Å²) in [5, 5.41) is 12.0. The van der Waals surface area contributed by atoms with Crippen molar-refractivity contribution in [2.24, 2.45) is 5.41 Å². The van der Waals surface area contributed by atoms with Crippen molar-refractivity contribution in [3.8, 4) is 0 Å². The molecule has 0 aliphatic carbocycles. The summed E-state index contributed by atoms with van der Waals surface area (Å²) in [7, 11) is 0. The molecule has 1 amide bonds. The molecule has 18 heavy (non-hydrogen) atoms. The Bertz CT molecular complexity index is 410. The fourth-order valence-corrected chi connectivity index (χ4v) is 1.62. The van der Waals surface area contributed by atoms with Gasteiger partial charge in [-0.25, -0.2) is 0 Å². The van der Waals surface area contributed by atoms with Crippen molar-refractivity contribution >= 4 is 11.6 Å². The summed E-state index contributed by atoms with van der Waals surface area (Å²) in [5.74, 6) is -0.151. The largest absolute Gasteiger partial charge is 0.397 e. The van der Waals surface area contributed by atoms with Gasteiger partial charge in [-0.1, -0.05) is 20.8 Å². The number of carbonyl (C=O) groups is 1. The second kappa shape index (κ2) is 5.91. The highest BCUT2D eigenvalue weighted by atomic mass is 16.3. The van der Waals surface area contributed by atoms with E-state index in [1.165, 1.54) is 0 Å². The molecular weight excluding hydrogens is 230 g/mol. The standard InChI is InChI=1S/C13H23N3O2/c1-4-5-16-7-10(14)6-11(16)12(18)15-8-13(2,3)9-17/h6-7,17H,4-5,8-9,14H2,1-3H3,(H,15,18). The van der Waals surface area contributed by atoms with Gasteiger partial charge in [0.05, 0.1) is 5.69 Å². The van der Waals surface area contributed by atoms with Gasteiger partial charge < -0.3 is 20.7 Å². The van der Waals surface area contributed by atoms with E-state index in [9.17, 15) is 4.79 Å². The Balaban J connectivity index is 2.72. The predicted octanol–water partition coefficient (Wildman–Crippen LogP) is 1.23. The van der Waals surface area contributed by atoms with E-state index < -0.39 is 0 Å². The van der Waals surface area contributed by atoms with E-state index in [1.54, 1.807) is 12.3 Å². The molecule has 1 heterocycles. The number of rotatable bonds is 6. The van der Waals surface area contributed by atoms with E-state index in [-0.39, 0.29) is 17.9 Å². The van der Waals surface area contributed by atoms with Crippen molar-refractivity contribution in [2.75, 3.05) is 18.9 Å². The number of hydrogen-bond donors (Lipinski definition) is 3. The average molecular weight is 253 g/mol. The summed E-state index contributed by atoms with van der Waals surface area (Å²) in [5.41, 5.74) is 6.56. The lowest BCUT2D eigenvalue weighted by Gasteiger charge is -2.22. The highest BCUT2D eigenvalue weighted by Gasteiger charge is 2.19. The molecule has 0 radical (unpaired) electrons. The molecule has 1 aromatic heterocycles. The molecule has 1 rings (SSSR count). The highest BCUT2D eigenvalue weighted by Crippen LogP contribution is 2.14. The van der Waals surface area contributed by atoms with Crippen LogP contribution in [0.3, 0.4) is 0 Å². The monoisotopic (exact) mass is 253 g/mol. The molecule has 0 aromatic carbocycles. The number of aromatic nitrogens is 1. The van der Waals surface area contributed by atoms with Crippen LogP contribution >= 0.6 is 0 Å². The Labute approximate surface area is 108 Å². The van der Waals surface area contributed by atoms with Crippen LogP contribution < -0.4 is 11.1 Å². The molecule has 0 aliphatic heterocycles. The predicted molar refractivity (Wildman–Crippen MR) is 72.3 cm³/mol. The number of aliphatic hydroxyl groups is 1. The lowest BCUT2D eigenvalue weighted by atomic mass is 9.95. The fourth-order valence-electron chi connectivity index (χ4n) is 1.62. The van der Waals surface area contributed by atoms with Crippen molar-refractivity contribution < 1.29 is 9.90 Å². The third-order valence-corrected chi connectivity index (χ3v) is 2.77. The van der Waals surface area contributed by atoms with E-state index in [4.69, 9.17) is 10.8 Å². The van der Waals surface area contributed by atoms with Crippen LogP contribution in [0.2, 0.25) is 0 Å². The number of nitrogens with zero attached hydrogens (tertiary/aromatic N) is 1. The molecule has 0 aliphatic rings. The van der Waals surface area contributed by atoms with Gasteiger partial charge in [0.15, 0.2) is 0 Å². The Hall–Kier alpha value is -1.49. The van der Waals surface area contributed by atoms with Gasteiger partial charge in [0.2, 0.25) is 0 Å². The zero-order chi connectivity index (χ0) is 13.8. The number of carbonyl (C=O) groups excluding carboxylic acids is 1. The van der Waals surface area contributed by atoms with Crippen LogP contribution in [0.4, 0.5) is 5.69 Å². The average Bonchev–Trinajstić information content (AvgIpc) is 2.68. The normalized spacial score (nSPS) is 11.6. The number of aryl methyl sites for hydroxylation is 1. The first-order valence-corrected chi connectivity index (χ1v) is 6.24. The molecule has 1 aromatic rings. The first-order chi connectivity index (χ1) is 8.39. The molecule has 0 bridgehead atoms. The van der Waals surface area contributed by atoms with Crippen LogP contribution in [-0.4, -0.2) is 28.7 Å². The maximum Gasteiger partial charge on any atom is 0.268 e. The number of nitrogen functional groups attached to an aromatic ring is 1. The van der Waals surface area contributed by atoms with Gasteiger partial charge in [0.1, 0.15) is 5.69 Å². The van der Waals surface area contributed by atoms with Crippen molar-refractivity contribution in [1.29, 1.82) is 0 Å². The number of nitrogens with one attached hydrogen (secondary N) is 1. The number of anilines is 1. The van der Waals surface area contributed by atoms with Gasteiger partial charge in [-0.3, -0.25) is 4.79 Å². The fraction of sp³-hybridized carbons (Fsp3) is 0.615. The van der Waals surface area contributed by atoms with Crippen LogP contribution in [-0.2, 0) is 6.54 Å². The summed E-state index contributed by atoms with van der Waals surface area (Å²) in [4.78, 5) is 12.0. The van der Waals surface area contributed by atoms with E-state index in [1.807, 2.05) is 25.3 Å². The lowest BCUT2D eigenvalue weighted by Crippen LogP contribution is -2.36. The maximum atomic E-state index is 12.0. The first kappa shape index (κ1) is 14.6.